The summed E-state index contributed by atoms with van der Waals surface area (Å²) in [4.78, 5) is 5.46. The van der Waals surface area contributed by atoms with Crippen LogP contribution in [0.4, 0.5) is 5.69 Å². The first-order valence-electron chi connectivity index (χ1n) is 7.40. The van der Waals surface area contributed by atoms with Gasteiger partial charge in [0.15, 0.2) is 0 Å². The Labute approximate surface area is 125 Å². The number of rotatable bonds is 3. The van der Waals surface area contributed by atoms with E-state index in [1.165, 1.54) is 21.0 Å². The lowest BCUT2D eigenvalue weighted by Gasteiger charge is -2.26. The van der Waals surface area contributed by atoms with Crippen molar-refractivity contribution < 1.29 is 0 Å². The number of aryl methyl sites for hydroxylation is 1. The fraction of sp³-hybridized carbons (Fsp3) is 0.412. The summed E-state index contributed by atoms with van der Waals surface area (Å²) >= 11 is 1.95. The molecule has 0 aliphatic carbocycles. The van der Waals surface area contributed by atoms with Gasteiger partial charge in [-0.25, -0.2) is 0 Å². The molecule has 2 aromatic rings. The van der Waals surface area contributed by atoms with Crippen LogP contribution in [0.25, 0.3) is 0 Å². The Morgan fingerprint density at radius 1 is 1.20 bits per heavy atom. The van der Waals surface area contributed by atoms with Crippen LogP contribution in [-0.2, 0) is 19.5 Å². The van der Waals surface area contributed by atoms with Crippen molar-refractivity contribution in [1.29, 1.82) is 0 Å². The number of hydrogen-bond acceptors (Lipinski definition) is 3. The third-order valence-corrected chi connectivity index (χ3v) is 5.09. The van der Waals surface area contributed by atoms with Crippen molar-refractivity contribution in [2.45, 2.75) is 39.4 Å². The Balaban J connectivity index is 1.86. The van der Waals surface area contributed by atoms with Crippen LogP contribution in [0.5, 0.6) is 0 Å². The van der Waals surface area contributed by atoms with Gasteiger partial charge in [0.1, 0.15) is 0 Å². The largest absolute Gasteiger partial charge is 0.365 e. The maximum absolute atomic E-state index is 3.59. The van der Waals surface area contributed by atoms with Gasteiger partial charge in [0.25, 0.3) is 0 Å². The summed E-state index contributed by atoms with van der Waals surface area (Å²) in [7, 11) is 0. The molecule has 20 heavy (non-hydrogen) atoms. The SMILES string of the molecule is CCc1ccc(CN2CC(C)NCc3ccccc32)s1. The first-order chi connectivity index (χ1) is 9.76. The number of fused-ring (bicyclic) bond motifs is 1. The van der Waals surface area contributed by atoms with E-state index in [4.69, 9.17) is 0 Å². The highest BCUT2D eigenvalue weighted by atomic mass is 32.1. The van der Waals surface area contributed by atoms with Gasteiger partial charge in [-0.3, -0.25) is 0 Å². The van der Waals surface area contributed by atoms with Crippen LogP contribution in [-0.4, -0.2) is 12.6 Å². The van der Waals surface area contributed by atoms with E-state index in [0.29, 0.717) is 6.04 Å². The van der Waals surface area contributed by atoms with Crippen molar-refractivity contribution in [3.63, 3.8) is 0 Å². The fourth-order valence-electron chi connectivity index (χ4n) is 2.78. The number of hydrogen-bond donors (Lipinski definition) is 1. The second-order valence-electron chi connectivity index (χ2n) is 5.51. The second-order valence-corrected chi connectivity index (χ2v) is 6.77. The number of para-hydroxylation sites is 1. The van der Waals surface area contributed by atoms with Crippen molar-refractivity contribution in [1.82, 2.24) is 5.32 Å². The van der Waals surface area contributed by atoms with Gasteiger partial charge in [-0.2, -0.15) is 0 Å². The zero-order chi connectivity index (χ0) is 13.9. The number of nitrogens with one attached hydrogen (secondary N) is 1. The summed E-state index contributed by atoms with van der Waals surface area (Å²) in [5.41, 5.74) is 2.79. The zero-order valence-corrected chi connectivity index (χ0v) is 13.0. The van der Waals surface area contributed by atoms with Gasteiger partial charge in [-0.1, -0.05) is 25.1 Å². The molecule has 1 atom stereocenters. The highest BCUT2D eigenvalue weighted by Crippen LogP contribution is 2.27. The third kappa shape index (κ3) is 2.89. The lowest BCUT2D eigenvalue weighted by atomic mass is 10.1. The van der Waals surface area contributed by atoms with Crippen LogP contribution in [0.15, 0.2) is 36.4 Å². The normalized spacial score (nSPS) is 18.7. The Morgan fingerprint density at radius 3 is 2.80 bits per heavy atom. The minimum Gasteiger partial charge on any atom is -0.365 e. The van der Waals surface area contributed by atoms with Gasteiger partial charge >= 0.3 is 0 Å². The maximum atomic E-state index is 3.59. The quantitative estimate of drug-likeness (QED) is 0.923. The van der Waals surface area contributed by atoms with E-state index in [0.717, 1.165) is 26.1 Å². The second kappa shape index (κ2) is 5.98. The van der Waals surface area contributed by atoms with Gasteiger partial charge in [0, 0.05) is 34.6 Å². The monoisotopic (exact) mass is 286 g/mol. The van der Waals surface area contributed by atoms with Gasteiger partial charge in [0.05, 0.1) is 6.54 Å². The van der Waals surface area contributed by atoms with E-state index in [2.05, 4.69) is 60.5 Å². The van der Waals surface area contributed by atoms with Gasteiger partial charge in [-0.15, -0.1) is 11.3 Å². The van der Waals surface area contributed by atoms with E-state index >= 15 is 0 Å². The van der Waals surface area contributed by atoms with Crippen molar-refractivity contribution in [3.8, 4) is 0 Å². The molecule has 0 radical (unpaired) electrons. The highest BCUT2D eigenvalue weighted by Gasteiger charge is 2.19. The zero-order valence-electron chi connectivity index (χ0n) is 12.2. The van der Waals surface area contributed by atoms with Crippen molar-refractivity contribution in [3.05, 3.63) is 51.7 Å². The van der Waals surface area contributed by atoms with Crippen LogP contribution >= 0.6 is 11.3 Å². The average molecular weight is 286 g/mol. The minimum absolute atomic E-state index is 0.521. The molecule has 0 bridgehead atoms. The molecule has 3 rings (SSSR count). The molecular formula is C17H22N2S. The molecule has 1 aliphatic rings. The van der Waals surface area contributed by atoms with E-state index in [9.17, 15) is 0 Å². The predicted octanol–water partition coefficient (Wildman–Crippen LogP) is 3.81. The van der Waals surface area contributed by atoms with E-state index < -0.39 is 0 Å². The molecule has 1 aromatic carbocycles. The Morgan fingerprint density at radius 2 is 2.00 bits per heavy atom. The lowest BCUT2D eigenvalue weighted by molar-refractivity contribution is 0.553. The molecule has 1 aromatic heterocycles. The number of nitrogens with zero attached hydrogens (tertiary/aromatic N) is 1. The summed E-state index contributed by atoms with van der Waals surface area (Å²) in [5.74, 6) is 0. The highest BCUT2D eigenvalue weighted by molar-refractivity contribution is 7.12. The third-order valence-electron chi connectivity index (χ3n) is 3.88. The van der Waals surface area contributed by atoms with Crippen LogP contribution in [0, 0.1) is 0 Å². The standard InChI is InChI=1S/C17H22N2S/c1-3-15-8-9-16(20-15)12-19-11-13(2)18-10-14-6-4-5-7-17(14)19/h4-9,13,18H,3,10-12H2,1-2H3. The number of benzene rings is 1. The molecule has 1 unspecified atom stereocenters. The van der Waals surface area contributed by atoms with E-state index in [1.54, 1.807) is 0 Å². The van der Waals surface area contributed by atoms with E-state index in [1.807, 2.05) is 11.3 Å². The molecule has 0 saturated carbocycles. The molecule has 3 heteroatoms. The van der Waals surface area contributed by atoms with Crippen molar-refractivity contribution in [2.24, 2.45) is 0 Å². The fourth-order valence-corrected chi connectivity index (χ4v) is 3.76. The summed E-state index contributed by atoms with van der Waals surface area (Å²) in [5, 5.41) is 3.59. The molecule has 1 N–H and O–H groups in total. The molecule has 0 fully saturated rings. The average Bonchev–Trinajstić information content (AvgIpc) is 2.86. The summed E-state index contributed by atoms with van der Waals surface area (Å²) in [6.45, 7) is 7.55. The summed E-state index contributed by atoms with van der Waals surface area (Å²) < 4.78 is 0. The topological polar surface area (TPSA) is 15.3 Å². The molecule has 106 valence electrons. The first-order valence-corrected chi connectivity index (χ1v) is 8.21. The molecule has 2 nitrogen and oxygen atoms in total. The molecule has 1 aliphatic heterocycles. The van der Waals surface area contributed by atoms with Crippen molar-refractivity contribution in [2.75, 3.05) is 11.4 Å². The van der Waals surface area contributed by atoms with Crippen LogP contribution in [0.2, 0.25) is 0 Å². The maximum Gasteiger partial charge on any atom is 0.0523 e. The number of thiophene rings is 1. The van der Waals surface area contributed by atoms with E-state index in [-0.39, 0.29) is 0 Å². The lowest BCUT2D eigenvalue weighted by Crippen LogP contribution is -2.35. The molecule has 0 amide bonds. The Hall–Kier alpha value is -1.32. The van der Waals surface area contributed by atoms with Crippen LogP contribution in [0.3, 0.4) is 0 Å². The van der Waals surface area contributed by atoms with Gasteiger partial charge < -0.3 is 10.2 Å². The smallest absolute Gasteiger partial charge is 0.0523 e. The van der Waals surface area contributed by atoms with Gasteiger partial charge in [0.2, 0.25) is 0 Å². The van der Waals surface area contributed by atoms with Gasteiger partial charge in [-0.05, 0) is 37.1 Å². The molecular weight excluding hydrogens is 264 g/mol. The Bertz CT molecular complexity index is 576. The number of anilines is 1. The summed E-state index contributed by atoms with van der Waals surface area (Å²) in [6, 6.07) is 13.8. The van der Waals surface area contributed by atoms with Crippen molar-refractivity contribution >= 4 is 17.0 Å². The Kier molecular flexibility index (Phi) is 4.08. The van der Waals surface area contributed by atoms with Crippen LogP contribution < -0.4 is 10.2 Å². The van der Waals surface area contributed by atoms with Crippen LogP contribution in [0.1, 0.15) is 29.2 Å². The summed E-state index contributed by atoms with van der Waals surface area (Å²) in [6.07, 6.45) is 1.14. The minimum atomic E-state index is 0.521. The molecule has 0 saturated heterocycles. The molecule has 2 heterocycles. The predicted molar refractivity (Wildman–Crippen MR) is 87.5 cm³/mol. The molecule has 0 spiro atoms. The first kappa shape index (κ1) is 13.7.